The van der Waals surface area contributed by atoms with Gasteiger partial charge in [0.2, 0.25) is 5.95 Å². The number of pyridine rings is 1. The SMILES string of the molecule is C/C(=N\[S+]([O-])C(C)(C)C)c1cc(Br)cnc1F. The molecule has 0 aliphatic heterocycles. The first-order valence-electron chi connectivity index (χ1n) is 5.00. The van der Waals surface area contributed by atoms with E-state index in [0.717, 1.165) is 0 Å². The van der Waals surface area contributed by atoms with Crippen LogP contribution in [0, 0.1) is 5.95 Å². The topological polar surface area (TPSA) is 48.3 Å². The zero-order valence-electron chi connectivity index (χ0n) is 10.1. The van der Waals surface area contributed by atoms with Crippen molar-refractivity contribution < 1.29 is 8.94 Å². The summed E-state index contributed by atoms with van der Waals surface area (Å²) < 4.78 is 29.5. The quantitative estimate of drug-likeness (QED) is 0.477. The molecule has 3 nitrogen and oxygen atoms in total. The number of halogens is 2. The molecule has 0 aliphatic carbocycles. The summed E-state index contributed by atoms with van der Waals surface area (Å²) in [4.78, 5) is 3.58. The van der Waals surface area contributed by atoms with Gasteiger partial charge >= 0.3 is 0 Å². The van der Waals surface area contributed by atoms with Gasteiger partial charge in [0.15, 0.2) is 0 Å². The van der Waals surface area contributed by atoms with E-state index in [-0.39, 0.29) is 5.56 Å². The van der Waals surface area contributed by atoms with Crippen LogP contribution in [-0.2, 0) is 11.4 Å². The van der Waals surface area contributed by atoms with E-state index in [1.54, 1.807) is 13.0 Å². The van der Waals surface area contributed by atoms with Gasteiger partial charge in [0.25, 0.3) is 0 Å². The average Bonchev–Trinajstić information content (AvgIpc) is 2.20. The average molecular weight is 321 g/mol. The molecule has 0 radical (unpaired) electrons. The van der Waals surface area contributed by atoms with Crippen molar-refractivity contribution in [3.05, 3.63) is 28.2 Å². The molecule has 94 valence electrons. The minimum atomic E-state index is -1.40. The summed E-state index contributed by atoms with van der Waals surface area (Å²) in [6.07, 6.45) is 1.37. The second-order valence-corrected chi connectivity index (χ2v) is 7.35. The van der Waals surface area contributed by atoms with Crippen molar-refractivity contribution in [2.24, 2.45) is 4.40 Å². The summed E-state index contributed by atoms with van der Waals surface area (Å²) >= 11 is 1.81. The largest absolute Gasteiger partial charge is 0.591 e. The Morgan fingerprint density at radius 2 is 2.12 bits per heavy atom. The van der Waals surface area contributed by atoms with E-state index in [2.05, 4.69) is 25.3 Å². The second kappa shape index (κ2) is 5.46. The number of rotatable bonds is 2. The van der Waals surface area contributed by atoms with Gasteiger partial charge in [-0.1, -0.05) is 4.40 Å². The molecule has 0 saturated heterocycles. The third kappa shape index (κ3) is 4.04. The van der Waals surface area contributed by atoms with Gasteiger partial charge in [-0.05, 0) is 49.7 Å². The van der Waals surface area contributed by atoms with Crippen molar-refractivity contribution in [3.63, 3.8) is 0 Å². The summed E-state index contributed by atoms with van der Waals surface area (Å²) in [5, 5.41) is 0. The van der Waals surface area contributed by atoms with Gasteiger partial charge in [-0.15, -0.1) is 0 Å². The van der Waals surface area contributed by atoms with Gasteiger partial charge in [0.05, 0.1) is 5.56 Å². The first kappa shape index (κ1) is 14.6. The van der Waals surface area contributed by atoms with E-state index < -0.39 is 22.1 Å². The molecule has 0 amide bonds. The number of nitrogens with zero attached hydrogens (tertiary/aromatic N) is 2. The van der Waals surface area contributed by atoms with Crippen LogP contribution in [0.3, 0.4) is 0 Å². The Morgan fingerprint density at radius 3 is 2.65 bits per heavy atom. The lowest BCUT2D eigenvalue weighted by Gasteiger charge is -2.18. The van der Waals surface area contributed by atoms with Crippen molar-refractivity contribution in [1.82, 2.24) is 4.98 Å². The Hall–Kier alpha value is -0.460. The molecule has 6 heteroatoms. The minimum absolute atomic E-state index is 0.261. The van der Waals surface area contributed by atoms with Gasteiger partial charge in [0.1, 0.15) is 21.8 Å². The normalized spacial score (nSPS) is 14.9. The molecule has 0 fully saturated rings. The fraction of sp³-hybridized carbons (Fsp3) is 0.455. The fourth-order valence-corrected chi connectivity index (χ4v) is 1.94. The van der Waals surface area contributed by atoms with E-state index in [1.165, 1.54) is 6.20 Å². The molecule has 1 atom stereocenters. The van der Waals surface area contributed by atoms with Crippen molar-refractivity contribution >= 4 is 33.0 Å². The molecule has 0 bridgehead atoms. The Labute approximate surface area is 112 Å². The van der Waals surface area contributed by atoms with E-state index in [4.69, 9.17) is 0 Å². The highest BCUT2D eigenvalue weighted by Crippen LogP contribution is 2.20. The lowest BCUT2D eigenvalue weighted by Crippen LogP contribution is -2.26. The molecule has 17 heavy (non-hydrogen) atoms. The smallest absolute Gasteiger partial charge is 0.222 e. The Kier molecular flexibility index (Phi) is 4.69. The highest BCUT2D eigenvalue weighted by molar-refractivity contribution is 9.10. The maximum atomic E-state index is 13.5. The zero-order chi connectivity index (χ0) is 13.2. The molecule has 0 N–H and O–H groups in total. The van der Waals surface area contributed by atoms with Crippen LogP contribution in [0.1, 0.15) is 33.3 Å². The highest BCUT2D eigenvalue weighted by atomic mass is 79.9. The highest BCUT2D eigenvalue weighted by Gasteiger charge is 2.27. The van der Waals surface area contributed by atoms with Crippen LogP contribution in [0.25, 0.3) is 0 Å². The summed E-state index contributed by atoms with van der Waals surface area (Å²) in [7, 11) is 0. The van der Waals surface area contributed by atoms with E-state index in [0.29, 0.717) is 10.2 Å². The van der Waals surface area contributed by atoms with Gasteiger partial charge in [-0.2, -0.15) is 4.39 Å². The first-order chi connectivity index (χ1) is 7.71. The number of hydrogen-bond acceptors (Lipinski definition) is 3. The summed E-state index contributed by atoms with van der Waals surface area (Å²) in [5.74, 6) is -0.611. The summed E-state index contributed by atoms with van der Waals surface area (Å²) in [6.45, 7) is 7.07. The fourth-order valence-electron chi connectivity index (χ4n) is 0.987. The minimum Gasteiger partial charge on any atom is -0.591 e. The molecule has 0 saturated carbocycles. The standard InChI is InChI=1S/C11H14BrFN2OS/c1-7(15-17(16)11(2,3)4)9-5-8(12)6-14-10(9)13/h5-6H,1-4H3/b15-7+. The molecular weight excluding hydrogens is 307 g/mol. The number of aromatic nitrogens is 1. The zero-order valence-corrected chi connectivity index (χ0v) is 12.5. The third-order valence-electron chi connectivity index (χ3n) is 1.94. The molecule has 0 spiro atoms. The monoisotopic (exact) mass is 320 g/mol. The van der Waals surface area contributed by atoms with E-state index in [1.807, 2.05) is 20.8 Å². The van der Waals surface area contributed by atoms with Crippen molar-refractivity contribution in [2.45, 2.75) is 32.4 Å². The maximum absolute atomic E-state index is 13.5. The predicted molar refractivity (Wildman–Crippen MR) is 72.0 cm³/mol. The molecule has 1 aromatic rings. The predicted octanol–water partition coefficient (Wildman–Crippen LogP) is 3.25. The second-order valence-electron chi connectivity index (χ2n) is 4.53. The molecule has 0 aliphatic rings. The van der Waals surface area contributed by atoms with Crippen molar-refractivity contribution in [1.29, 1.82) is 0 Å². The van der Waals surface area contributed by atoms with Crippen molar-refractivity contribution in [3.8, 4) is 0 Å². The number of hydrogen-bond donors (Lipinski definition) is 0. The molecule has 1 heterocycles. The van der Waals surface area contributed by atoms with Crippen LogP contribution in [-0.4, -0.2) is 20.0 Å². The molecule has 1 aromatic heterocycles. The molecule has 0 aromatic carbocycles. The van der Waals surface area contributed by atoms with Crippen LogP contribution in [0.5, 0.6) is 0 Å². The molecule has 1 unspecified atom stereocenters. The van der Waals surface area contributed by atoms with Crippen LogP contribution < -0.4 is 0 Å². The summed E-state index contributed by atoms with van der Waals surface area (Å²) in [5.41, 5.74) is 0.640. The molecular formula is C11H14BrFN2OS. The van der Waals surface area contributed by atoms with Gasteiger partial charge in [0, 0.05) is 10.7 Å². The van der Waals surface area contributed by atoms with E-state index in [9.17, 15) is 8.94 Å². The van der Waals surface area contributed by atoms with Crippen LogP contribution in [0.2, 0.25) is 0 Å². The Balaban J connectivity index is 3.08. The first-order valence-corrected chi connectivity index (χ1v) is 6.90. The van der Waals surface area contributed by atoms with E-state index >= 15 is 0 Å². The lowest BCUT2D eigenvalue weighted by atomic mass is 10.2. The molecule has 1 rings (SSSR count). The third-order valence-corrected chi connectivity index (χ3v) is 3.86. The lowest BCUT2D eigenvalue weighted by molar-refractivity contribution is 0.561. The van der Waals surface area contributed by atoms with Crippen LogP contribution in [0.15, 0.2) is 21.1 Å². The van der Waals surface area contributed by atoms with Crippen LogP contribution >= 0.6 is 15.9 Å². The maximum Gasteiger partial charge on any atom is 0.222 e. The van der Waals surface area contributed by atoms with Crippen LogP contribution in [0.4, 0.5) is 4.39 Å². The Morgan fingerprint density at radius 1 is 1.53 bits per heavy atom. The summed E-state index contributed by atoms with van der Waals surface area (Å²) in [6, 6.07) is 1.57. The van der Waals surface area contributed by atoms with Gasteiger partial charge in [-0.25, -0.2) is 4.98 Å². The van der Waals surface area contributed by atoms with Gasteiger partial charge < -0.3 is 4.55 Å². The Bertz CT molecular complexity index is 446. The van der Waals surface area contributed by atoms with Crippen molar-refractivity contribution in [2.75, 3.05) is 0 Å². The van der Waals surface area contributed by atoms with Gasteiger partial charge in [-0.3, -0.25) is 0 Å².